The molecule has 1 atom stereocenters. The SMILES string of the molecule is CC1(C)C2=C3C(CC(c4cc5ccccc5c5ccccc45)=C2)c2cc(-c4cc5ccccc5c5ccccc45)ccc2N3c2ccc(-c3cc4c(c5ccccc35)CCC=C4)cc21. The van der Waals surface area contributed by atoms with Crippen LogP contribution in [0.2, 0.25) is 0 Å². The van der Waals surface area contributed by atoms with Crippen LogP contribution in [-0.4, -0.2) is 0 Å². The first-order chi connectivity index (χ1) is 31.5. The summed E-state index contributed by atoms with van der Waals surface area (Å²) in [7, 11) is 0. The van der Waals surface area contributed by atoms with Gasteiger partial charge in [0.1, 0.15) is 0 Å². The molecule has 302 valence electrons. The summed E-state index contributed by atoms with van der Waals surface area (Å²) >= 11 is 0. The van der Waals surface area contributed by atoms with Crippen molar-refractivity contribution in [2.45, 2.75) is 44.4 Å². The standard InChI is InChI=1S/C63H45N/c1-63(2)58-36-42(54-32-39-16-4-7-19-45(39)48-22-10-13-25-51(48)54)28-30-61(58)64-60-29-27-41(53-31-38-15-3-6-18-44(38)47-21-9-12-24-50(47)53)34-56(60)57-35-43(37-59(63)62(57)64)55-33-40-17-5-8-20-46(40)49-23-11-14-26-52(49)55/h3-6,8-18,20-34,36-37,57H,7,19,35H2,1-2H3. The van der Waals surface area contributed by atoms with Gasteiger partial charge in [0.2, 0.25) is 0 Å². The number of benzene rings is 10. The lowest BCUT2D eigenvalue weighted by molar-refractivity contribution is 0.600. The average molecular weight is 816 g/mol. The van der Waals surface area contributed by atoms with E-state index in [1.807, 2.05) is 0 Å². The van der Waals surface area contributed by atoms with E-state index in [0.717, 1.165) is 19.3 Å². The van der Waals surface area contributed by atoms with Gasteiger partial charge in [-0.25, -0.2) is 0 Å². The zero-order chi connectivity index (χ0) is 42.3. The minimum Gasteiger partial charge on any atom is -0.313 e. The van der Waals surface area contributed by atoms with Gasteiger partial charge in [-0.15, -0.1) is 0 Å². The summed E-state index contributed by atoms with van der Waals surface area (Å²) in [6.07, 6.45) is 10.4. The lowest BCUT2D eigenvalue weighted by Gasteiger charge is -2.44. The second-order valence-corrected chi connectivity index (χ2v) is 19.1. The minimum atomic E-state index is -0.267. The van der Waals surface area contributed by atoms with Crippen LogP contribution in [0.5, 0.6) is 0 Å². The molecule has 1 unspecified atom stereocenters. The largest absolute Gasteiger partial charge is 0.313 e. The molecule has 0 spiro atoms. The predicted molar refractivity (Wildman–Crippen MR) is 273 cm³/mol. The highest BCUT2D eigenvalue weighted by atomic mass is 15.2. The van der Waals surface area contributed by atoms with Gasteiger partial charge in [-0.3, -0.25) is 0 Å². The fourth-order valence-electron chi connectivity index (χ4n) is 12.3. The number of aryl methyl sites for hydroxylation is 1. The van der Waals surface area contributed by atoms with Crippen molar-refractivity contribution in [3.05, 3.63) is 227 Å². The Kier molecular flexibility index (Phi) is 7.47. The molecule has 2 aliphatic heterocycles. The van der Waals surface area contributed by atoms with Gasteiger partial charge in [0.05, 0.1) is 0 Å². The van der Waals surface area contributed by atoms with E-state index in [1.165, 1.54) is 132 Å². The summed E-state index contributed by atoms with van der Waals surface area (Å²) in [5, 5.41) is 13.2. The van der Waals surface area contributed by atoms with Crippen molar-refractivity contribution in [2.24, 2.45) is 0 Å². The first-order valence-electron chi connectivity index (χ1n) is 23.1. The highest BCUT2D eigenvalue weighted by molar-refractivity contribution is 6.15. The van der Waals surface area contributed by atoms with E-state index in [-0.39, 0.29) is 11.3 Å². The molecule has 0 amide bonds. The smallest absolute Gasteiger partial charge is 0.0500 e. The molecule has 0 saturated heterocycles. The molecule has 0 fully saturated rings. The van der Waals surface area contributed by atoms with Crippen molar-refractivity contribution in [1.82, 2.24) is 0 Å². The Morgan fingerprint density at radius 1 is 0.500 bits per heavy atom. The zero-order valence-corrected chi connectivity index (χ0v) is 36.1. The Hall–Kier alpha value is -7.48. The lowest BCUT2D eigenvalue weighted by Crippen LogP contribution is -2.34. The van der Waals surface area contributed by atoms with Gasteiger partial charge in [-0.2, -0.15) is 0 Å². The van der Waals surface area contributed by atoms with Crippen LogP contribution in [-0.2, 0) is 11.8 Å². The zero-order valence-electron chi connectivity index (χ0n) is 36.1. The van der Waals surface area contributed by atoms with Crippen LogP contribution in [0.1, 0.15) is 60.4 Å². The summed E-state index contributed by atoms with van der Waals surface area (Å²) in [5.41, 5.74) is 18.8. The molecule has 10 aromatic carbocycles. The van der Waals surface area contributed by atoms with Gasteiger partial charge in [0, 0.05) is 28.4 Å². The molecule has 0 aromatic heterocycles. The lowest BCUT2D eigenvalue weighted by atomic mass is 9.67. The number of fused-ring (bicyclic) bond motifs is 14. The number of allylic oxidation sites excluding steroid dienone is 5. The summed E-state index contributed by atoms with van der Waals surface area (Å²) in [4.78, 5) is 2.65. The molecule has 0 N–H and O–H groups in total. The Bertz CT molecular complexity index is 3800. The molecule has 1 nitrogen and oxygen atoms in total. The molecule has 1 heteroatoms. The maximum atomic E-state index is 2.65. The van der Waals surface area contributed by atoms with Crippen LogP contribution in [0, 0.1) is 0 Å². The van der Waals surface area contributed by atoms with Crippen LogP contribution in [0.25, 0.3) is 87.8 Å². The van der Waals surface area contributed by atoms with Gasteiger partial charge < -0.3 is 4.90 Å². The highest BCUT2D eigenvalue weighted by Gasteiger charge is 2.48. The molecular formula is C63H45N. The van der Waals surface area contributed by atoms with Gasteiger partial charge in [-0.1, -0.05) is 166 Å². The normalized spacial score (nSPS) is 16.9. The van der Waals surface area contributed by atoms with Crippen molar-refractivity contribution in [3.8, 4) is 22.3 Å². The van der Waals surface area contributed by atoms with E-state index in [4.69, 9.17) is 0 Å². The fourth-order valence-corrected chi connectivity index (χ4v) is 12.3. The Labute approximate surface area is 373 Å². The third-order valence-corrected chi connectivity index (χ3v) is 15.4. The van der Waals surface area contributed by atoms with Crippen LogP contribution >= 0.6 is 0 Å². The first kappa shape index (κ1) is 36.0. The van der Waals surface area contributed by atoms with Crippen LogP contribution < -0.4 is 4.90 Å². The maximum absolute atomic E-state index is 2.65. The summed E-state index contributed by atoms with van der Waals surface area (Å²) in [6, 6.07) is 66.9. The quantitative estimate of drug-likeness (QED) is 0.161. The number of rotatable bonds is 3. The van der Waals surface area contributed by atoms with Crippen molar-refractivity contribution in [2.75, 3.05) is 4.90 Å². The molecule has 64 heavy (non-hydrogen) atoms. The second-order valence-electron chi connectivity index (χ2n) is 19.1. The molecule has 0 saturated carbocycles. The molecule has 0 bridgehead atoms. The molecule has 2 aliphatic carbocycles. The van der Waals surface area contributed by atoms with Gasteiger partial charge in [-0.05, 0) is 177 Å². The van der Waals surface area contributed by atoms with E-state index in [9.17, 15) is 0 Å². The third kappa shape index (κ3) is 5.01. The summed E-state index contributed by atoms with van der Waals surface area (Å²) in [5.74, 6) is 0.199. The van der Waals surface area contributed by atoms with Crippen molar-refractivity contribution < 1.29 is 0 Å². The Balaban J connectivity index is 1.01. The van der Waals surface area contributed by atoms with Gasteiger partial charge in [0.15, 0.2) is 0 Å². The third-order valence-electron chi connectivity index (χ3n) is 15.4. The van der Waals surface area contributed by atoms with Gasteiger partial charge in [0.25, 0.3) is 0 Å². The number of nitrogens with zero attached hydrogens (tertiary/aromatic N) is 1. The first-order valence-corrected chi connectivity index (χ1v) is 23.1. The molecule has 4 aliphatic rings. The number of hydrogen-bond donors (Lipinski definition) is 0. The van der Waals surface area contributed by atoms with E-state index >= 15 is 0 Å². The van der Waals surface area contributed by atoms with Crippen LogP contribution in [0.3, 0.4) is 0 Å². The summed E-state index contributed by atoms with van der Waals surface area (Å²) < 4.78 is 0. The van der Waals surface area contributed by atoms with E-state index < -0.39 is 0 Å². The maximum Gasteiger partial charge on any atom is 0.0500 e. The Morgan fingerprint density at radius 3 is 1.75 bits per heavy atom. The van der Waals surface area contributed by atoms with E-state index in [0.29, 0.717) is 0 Å². The second kappa shape index (κ2) is 13.3. The van der Waals surface area contributed by atoms with E-state index in [2.05, 4.69) is 213 Å². The van der Waals surface area contributed by atoms with Crippen LogP contribution in [0.15, 0.2) is 199 Å². The van der Waals surface area contributed by atoms with Crippen molar-refractivity contribution in [3.63, 3.8) is 0 Å². The molecule has 10 aromatic rings. The average Bonchev–Trinajstić information content (AvgIpc) is 3.68. The van der Waals surface area contributed by atoms with Crippen molar-refractivity contribution in [1.29, 1.82) is 0 Å². The van der Waals surface area contributed by atoms with E-state index in [1.54, 1.807) is 0 Å². The predicted octanol–water partition coefficient (Wildman–Crippen LogP) is 17.0. The monoisotopic (exact) mass is 815 g/mol. The van der Waals surface area contributed by atoms with Gasteiger partial charge >= 0.3 is 0 Å². The minimum absolute atomic E-state index is 0.199. The molecule has 14 rings (SSSR count). The van der Waals surface area contributed by atoms with Crippen LogP contribution in [0.4, 0.5) is 11.4 Å². The fraction of sp³-hybridized carbons (Fsp3) is 0.111. The molecular weight excluding hydrogens is 771 g/mol. The number of anilines is 2. The summed E-state index contributed by atoms with van der Waals surface area (Å²) in [6.45, 7) is 4.96. The van der Waals surface area contributed by atoms with Crippen molar-refractivity contribution >= 4 is 76.9 Å². The highest BCUT2D eigenvalue weighted by Crippen LogP contribution is 2.62. The molecule has 0 radical (unpaired) electrons. The number of hydrogen-bond acceptors (Lipinski definition) is 1. The Morgan fingerprint density at radius 2 is 1.05 bits per heavy atom. The molecule has 2 heterocycles. The topological polar surface area (TPSA) is 3.24 Å².